The van der Waals surface area contributed by atoms with E-state index in [1.54, 1.807) is 0 Å². The van der Waals surface area contributed by atoms with Crippen LogP contribution in [0, 0.1) is 0 Å². The molecular weight excluding hydrogens is 176 g/mol. The van der Waals surface area contributed by atoms with Crippen molar-refractivity contribution in [3.63, 3.8) is 0 Å². The summed E-state index contributed by atoms with van der Waals surface area (Å²) in [5, 5.41) is 10.1. The van der Waals surface area contributed by atoms with E-state index in [2.05, 4.69) is 6.58 Å². The molecule has 1 N–H and O–H groups in total. The van der Waals surface area contributed by atoms with Gasteiger partial charge in [-0.1, -0.05) is 24.8 Å². The summed E-state index contributed by atoms with van der Waals surface area (Å²) in [4.78, 5) is 11.7. The van der Waals surface area contributed by atoms with Crippen LogP contribution in [-0.4, -0.2) is 16.5 Å². The summed E-state index contributed by atoms with van der Waals surface area (Å²) < 4.78 is 0. The van der Waals surface area contributed by atoms with Gasteiger partial charge in [0.25, 0.3) is 0 Å². The lowest BCUT2D eigenvalue weighted by Gasteiger charge is -2.30. The molecule has 0 saturated heterocycles. The van der Waals surface area contributed by atoms with Crippen LogP contribution in [0.25, 0.3) is 0 Å². The van der Waals surface area contributed by atoms with Crippen molar-refractivity contribution in [3.8, 4) is 0 Å². The lowest BCUT2D eigenvalue weighted by molar-refractivity contribution is -0.140. The Labute approximate surface area is 86.0 Å². The SMILES string of the molecule is C=C(C)CCC(=O)C1(O)CCCCC1. The molecule has 80 valence electrons. The first kappa shape index (κ1) is 11.4. The fraction of sp³-hybridized carbons (Fsp3) is 0.750. The molecule has 1 aliphatic carbocycles. The predicted octanol–water partition coefficient (Wildman–Crippen LogP) is 2.61. The molecule has 1 saturated carbocycles. The van der Waals surface area contributed by atoms with Crippen LogP contribution >= 0.6 is 0 Å². The summed E-state index contributed by atoms with van der Waals surface area (Å²) in [6.07, 6.45) is 5.58. The predicted molar refractivity (Wildman–Crippen MR) is 57.1 cm³/mol. The Balaban J connectivity index is 2.45. The second-order valence-corrected chi connectivity index (χ2v) is 4.47. The molecule has 2 nitrogen and oxygen atoms in total. The highest BCUT2D eigenvalue weighted by Crippen LogP contribution is 2.30. The van der Waals surface area contributed by atoms with Gasteiger partial charge in [-0.2, -0.15) is 0 Å². The summed E-state index contributed by atoms with van der Waals surface area (Å²) in [6, 6.07) is 0. The first-order chi connectivity index (χ1) is 6.54. The summed E-state index contributed by atoms with van der Waals surface area (Å²) >= 11 is 0. The van der Waals surface area contributed by atoms with E-state index in [1.165, 1.54) is 0 Å². The molecule has 0 unspecified atom stereocenters. The Kier molecular flexibility index (Phi) is 3.87. The third-order valence-corrected chi connectivity index (χ3v) is 2.98. The molecule has 1 rings (SSSR count). The van der Waals surface area contributed by atoms with Crippen LogP contribution in [0.4, 0.5) is 0 Å². The minimum absolute atomic E-state index is 0.0141. The number of hydrogen-bond donors (Lipinski definition) is 1. The number of hydrogen-bond acceptors (Lipinski definition) is 2. The van der Waals surface area contributed by atoms with Crippen molar-refractivity contribution >= 4 is 5.78 Å². The van der Waals surface area contributed by atoms with Crippen molar-refractivity contribution in [2.45, 2.75) is 57.5 Å². The molecule has 0 spiro atoms. The standard InChI is InChI=1S/C12H20O2/c1-10(2)6-7-11(13)12(14)8-4-3-5-9-12/h14H,1,3-9H2,2H3. The molecule has 0 radical (unpaired) electrons. The van der Waals surface area contributed by atoms with E-state index in [1.807, 2.05) is 6.92 Å². The van der Waals surface area contributed by atoms with E-state index in [-0.39, 0.29) is 5.78 Å². The van der Waals surface area contributed by atoms with Gasteiger partial charge >= 0.3 is 0 Å². The zero-order chi connectivity index (χ0) is 10.6. The molecule has 14 heavy (non-hydrogen) atoms. The van der Waals surface area contributed by atoms with Gasteiger partial charge in [0.05, 0.1) is 0 Å². The van der Waals surface area contributed by atoms with Crippen LogP contribution in [0.1, 0.15) is 51.9 Å². The molecule has 0 aliphatic heterocycles. The van der Waals surface area contributed by atoms with Crippen LogP contribution in [0.2, 0.25) is 0 Å². The van der Waals surface area contributed by atoms with Gasteiger partial charge in [-0.25, -0.2) is 0 Å². The zero-order valence-corrected chi connectivity index (χ0v) is 9.01. The number of aliphatic hydroxyl groups is 1. The van der Waals surface area contributed by atoms with Crippen LogP contribution in [0.5, 0.6) is 0 Å². The molecule has 2 heteroatoms. The van der Waals surface area contributed by atoms with Crippen molar-refractivity contribution < 1.29 is 9.90 Å². The van der Waals surface area contributed by atoms with Gasteiger partial charge in [0.1, 0.15) is 5.60 Å². The van der Waals surface area contributed by atoms with E-state index in [4.69, 9.17) is 0 Å². The summed E-state index contributed by atoms with van der Waals surface area (Å²) in [7, 11) is 0. The van der Waals surface area contributed by atoms with Gasteiger partial charge in [-0.3, -0.25) is 4.79 Å². The first-order valence-corrected chi connectivity index (χ1v) is 5.45. The normalized spacial score (nSPS) is 20.4. The summed E-state index contributed by atoms with van der Waals surface area (Å²) in [5.41, 5.74) is 0.00556. The fourth-order valence-electron chi connectivity index (χ4n) is 1.98. The van der Waals surface area contributed by atoms with Gasteiger partial charge in [0.15, 0.2) is 5.78 Å². The molecule has 1 aliphatic rings. The highest BCUT2D eigenvalue weighted by atomic mass is 16.3. The third-order valence-electron chi connectivity index (χ3n) is 2.98. The van der Waals surface area contributed by atoms with Crippen molar-refractivity contribution in [3.05, 3.63) is 12.2 Å². The molecule has 0 aromatic carbocycles. The number of rotatable bonds is 4. The average Bonchev–Trinajstić information content (AvgIpc) is 2.15. The Morgan fingerprint density at radius 1 is 1.29 bits per heavy atom. The maximum Gasteiger partial charge on any atom is 0.164 e. The monoisotopic (exact) mass is 196 g/mol. The Morgan fingerprint density at radius 2 is 1.86 bits per heavy atom. The van der Waals surface area contributed by atoms with Crippen LogP contribution < -0.4 is 0 Å². The van der Waals surface area contributed by atoms with Crippen LogP contribution in [0.3, 0.4) is 0 Å². The largest absolute Gasteiger partial charge is 0.382 e. The molecular formula is C12H20O2. The topological polar surface area (TPSA) is 37.3 Å². The van der Waals surface area contributed by atoms with E-state index in [0.29, 0.717) is 25.7 Å². The Hall–Kier alpha value is -0.630. The summed E-state index contributed by atoms with van der Waals surface area (Å²) in [6.45, 7) is 5.68. The third kappa shape index (κ3) is 2.95. The minimum Gasteiger partial charge on any atom is -0.382 e. The molecule has 0 atom stereocenters. The molecule has 0 aromatic rings. The van der Waals surface area contributed by atoms with Crippen molar-refractivity contribution in [1.29, 1.82) is 0 Å². The second kappa shape index (κ2) is 4.74. The summed E-state index contributed by atoms with van der Waals surface area (Å²) in [5.74, 6) is 0.0141. The number of allylic oxidation sites excluding steroid dienone is 1. The van der Waals surface area contributed by atoms with Gasteiger partial charge in [-0.15, -0.1) is 6.58 Å². The zero-order valence-electron chi connectivity index (χ0n) is 9.01. The van der Waals surface area contributed by atoms with Crippen molar-refractivity contribution in [2.75, 3.05) is 0 Å². The van der Waals surface area contributed by atoms with Crippen LogP contribution in [-0.2, 0) is 4.79 Å². The smallest absolute Gasteiger partial charge is 0.164 e. The highest BCUT2D eigenvalue weighted by molar-refractivity contribution is 5.87. The van der Waals surface area contributed by atoms with E-state index in [0.717, 1.165) is 24.8 Å². The first-order valence-electron chi connectivity index (χ1n) is 5.45. The van der Waals surface area contributed by atoms with E-state index >= 15 is 0 Å². The molecule has 0 heterocycles. The van der Waals surface area contributed by atoms with E-state index in [9.17, 15) is 9.90 Å². The quantitative estimate of drug-likeness (QED) is 0.702. The molecule has 0 amide bonds. The highest BCUT2D eigenvalue weighted by Gasteiger charge is 2.35. The fourth-order valence-corrected chi connectivity index (χ4v) is 1.98. The number of carbonyl (C=O) groups is 1. The number of ketones is 1. The van der Waals surface area contributed by atoms with Gasteiger partial charge in [-0.05, 0) is 26.2 Å². The number of Topliss-reactive ketones (excluding diaryl/α,β-unsaturated/α-hetero) is 1. The van der Waals surface area contributed by atoms with Gasteiger partial charge < -0.3 is 5.11 Å². The maximum absolute atomic E-state index is 11.7. The minimum atomic E-state index is -1.01. The number of carbonyl (C=O) groups excluding carboxylic acids is 1. The lowest BCUT2D eigenvalue weighted by Crippen LogP contribution is -2.40. The average molecular weight is 196 g/mol. The maximum atomic E-state index is 11.7. The van der Waals surface area contributed by atoms with Gasteiger partial charge in [0.2, 0.25) is 0 Å². The van der Waals surface area contributed by atoms with Crippen LogP contribution in [0.15, 0.2) is 12.2 Å². The Bertz CT molecular complexity index is 224. The van der Waals surface area contributed by atoms with Crippen molar-refractivity contribution in [1.82, 2.24) is 0 Å². The molecule has 0 aromatic heterocycles. The van der Waals surface area contributed by atoms with Crippen molar-refractivity contribution in [2.24, 2.45) is 0 Å². The molecule has 0 bridgehead atoms. The second-order valence-electron chi connectivity index (χ2n) is 4.47. The lowest BCUT2D eigenvalue weighted by atomic mass is 9.80. The van der Waals surface area contributed by atoms with E-state index < -0.39 is 5.60 Å². The van der Waals surface area contributed by atoms with Gasteiger partial charge in [0, 0.05) is 6.42 Å². The Morgan fingerprint density at radius 3 is 2.36 bits per heavy atom. The molecule has 1 fully saturated rings.